The summed E-state index contributed by atoms with van der Waals surface area (Å²) >= 11 is 0. The minimum atomic E-state index is -3.36. The highest BCUT2D eigenvalue weighted by Gasteiger charge is 2.19. The van der Waals surface area contributed by atoms with E-state index in [2.05, 4.69) is 5.32 Å². The number of hydrogen-bond acceptors (Lipinski definition) is 4. The van der Waals surface area contributed by atoms with Crippen LogP contribution in [-0.4, -0.2) is 37.2 Å². The Kier molecular flexibility index (Phi) is 6.15. The number of sulfone groups is 1. The van der Waals surface area contributed by atoms with Crippen molar-refractivity contribution >= 4 is 21.7 Å². The van der Waals surface area contributed by atoms with Gasteiger partial charge in [-0.2, -0.15) is 0 Å². The van der Waals surface area contributed by atoms with Crippen LogP contribution in [0.15, 0.2) is 53.4 Å². The van der Waals surface area contributed by atoms with Gasteiger partial charge in [-0.05, 0) is 62.2 Å². The number of carboxylic acid groups (broad SMARTS) is 1. The van der Waals surface area contributed by atoms with Gasteiger partial charge in [0.2, 0.25) is 0 Å². The highest BCUT2D eigenvalue weighted by atomic mass is 32.2. The molecular formula is C19H21NO5S. The van der Waals surface area contributed by atoms with Crippen LogP contribution >= 0.6 is 0 Å². The molecule has 0 unspecified atom stereocenters. The summed E-state index contributed by atoms with van der Waals surface area (Å²) in [5.74, 6) is -1.31. The minimum absolute atomic E-state index is 0.189. The fourth-order valence-electron chi connectivity index (χ4n) is 2.35. The zero-order chi connectivity index (χ0) is 19.3. The van der Waals surface area contributed by atoms with Gasteiger partial charge in [-0.3, -0.25) is 4.79 Å². The van der Waals surface area contributed by atoms with Crippen LogP contribution in [0.25, 0.3) is 0 Å². The molecule has 0 bridgehead atoms. The van der Waals surface area contributed by atoms with Gasteiger partial charge >= 0.3 is 5.97 Å². The number of hydrogen-bond donors (Lipinski definition) is 2. The van der Waals surface area contributed by atoms with Crippen LogP contribution in [0.5, 0.6) is 0 Å². The second-order valence-electron chi connectivity index (χ2n) is 6.13. The van der Waals surface area contributed by atoms with Crippen molar-refractivity contribution in [3.63, 3.8) is 0 Å². The van der Waals surface area contributed by atoms with Gasteiger partial charge < -0.3 is 10.4 Å². The summed E-state index contributed by atoms with van der Waals surface area (Å²) < 4.78 is 24.2. The molecule has 0 saturated heterocycles. The first-order chi connectivity index (χ1) is 12.2. The second kappa shape index (κ2) is 8.14. The molecular weight excluding hydrogens is 354 g/mol. The van der Waals surface area contributed by atoms with Crippen LogP contribution in [0.3, 0.4) is 0 Å². The smallest absolute Gasteiger partial charge is 0.335 e. The number of aromatic carboxylic acids is 1. The highest BCUT2D eigenvalue weighted by Crippen LogP contribution is 2.16. The lowest BCUT2D eigenvalue weighted by molar-refractivity contribution is 0.0696. The van der Waals surface area contributed by atoms with E-state index in [1.165, 1.54) is 30.3 Å². The first-order valence-electron chi connectivity index (χ1n) is 8.16. The van der Waals surface area contributed by atoms with Crippen LogP contribution in [-0.2, 0) is 16.3 Å². The lowest BCUT2D eigenvalue weighted by Gasteiger charge is -2.09. The lowest BCUT2D eigenvalue weighted by atomic mass is 10.1. The van der Waals surface area contributed by atoms with E-state index in [1.54, 1.807) is 32.0 Å². The molecule has 0 fully saturated rings. The standard InChI is InChI=1S/C19H21NO5S/c1-13(2)26(24,25)17-8-6-15(7-9-17)18(21)20-11-10-14-4-3-5-16(12-14)19(22)23/h3-9,12-13H,10-11H2,1-2H3,(H,20,21)(H,22,23). The molecule has 0 saturated carbocycles. The van der Waals surface area contributed by atoms with Crippen LogP contribution in [0.1, 0.15) is 40.1 Å². The Morgan fingerprint density at radius 3 is 2.27 bits per heavy atom. The molecule has 1 amide bonds. The van der Waals surface area contributed by atoms with Gasteiger partial charge in [0, 0.05) is 12.1 Å². The molecule has 0 heterocycles. The van der Waals surface area contributed by atoms with Crippen LogP contribution < -0.4 is 5.32 Å². The van der Waals surface area contributed by atoms with Gasteiger partial charge in [-0.15, -0.1) is 0 Å². The third kappa shape index (κ3) is 4.70. The van der Waals surface area contributed by atoms with Gasteiger partial charge in [0.25, 0.3) is 5.91 Å². The van der Waals surface area contributed by atoms with Crippen molar-refractivity contribution in [1.29, 1.82) is 0 Å². The fraction of sp³-hybridized carbons (Fsp3) is 0.263. The summed E-state index contributed by atoms with van der Waals surface area (Å²) in [5.41, 5.74) is 1.38. The Morgan fingerprint density at radius 2 is 1.69 bits per heavy atom. The molecule has 2 N–H and O–H groups in total. The van der Waals surface area contributed by atoms with E-state index in [1.807, 2.05) is 0 Å². The van der Waals surface area contributed by atoms with Crippen molar-refractivity contribution in [3.8, 4) is 0 Å². The van der Waals surface area contributed by atoms with Crippen LogP contribution in [0.4, 0.5) is 0 Å². The molecule has 0 aliphatic heterocycles. The monoisotopic (exact) mass is 375 g/mol. The van der Waals surface area contributed by atoms with Gasteiger partial charge in [0.1, 0.15) is 0 Å². The summed E-state index contributed by atoms with van der Waals surface area (Å²) in [4.78, 5) is 23.3. The van der Waals surface area contributed by atoms with Crippen LogP contribution in [0.2, 0.25) is 0 Å². The van der Waals surface area contributed by atoms with E-state index in [0.717, 1.165) is 5.56 Å². The molecule has 2 aromatic rings. The SMILES string of the molecule is CC(C)S(=O)(=O)c1ccc(C(=O)NCCc2cccc(C(=O)O)c2)cc1. The van der Waals surface area contributed by atoms with Crippen molar-refractivity contribution in [3.05, 3.63) is 65.2 Å². The summed E-state index contributed by atoms with van der Waals surface area (Å²) in [7, 11) is -3.36. The molecule has 0 aliphatic carbocycles. The maximum Gasteiger partial charge on any atom is 0.335 e. The predicted molar refractivity (Wildman–Crippen MR) is 98.2 cm³/mol. The van der Waals surface area contributed by atoms with Crippen molar-refractivity contribution in [2.24, 2.45) is 0 Å². The molecule has 0 atom stereocenters. The van der Waals surface area contributed by atoms with Gasteiger partial charge in [-0.25, -0.2) is 13.2 Å². The molecule has 138 valence electrons. The molecule has 26 heavy (non-hydrogen) atoms. The third-order valence-electron chi connectivity index (χ3n) is 3.94. The van der Waals surface area contributed by atoms with E-state index in [0.29, 0.717) is 18.5 Å². The maximum absolute atomic E-state index is 12.2. The maximum atomic E-state index is 12.2. The van der Waals surface area contributed by atoms with Crippen molar-refractivity contribution < 1.29 is 23.1 Å². The zero-order valence-corrected chi connectivity index (χ0v) is 15.4. The molecule has 0 aliphatic rings. The predicted octanol–water partition coefficient (Wildman–Crippen LogP) is 2.54. The normalized spacial score (nSPS) is 11.3. The average molecular weight is 375 g/mol. The number of amides is 1. The lowest BCUT2D eigenvalue weighted by Crippen LogP contribution is -2.25. The summed E-state index contributed by atoms with van der Waals surface area (Å²) in [6.07, 6.45) is 0.493. The third-order valence-corrected chi connectivity index (χ3v) is 6.11. The highest BCUT2D eigenvalue weighted by molar-refractivity contribution is 7.92. The number of benzene rings is 2. The van der Waals surface area contributed by atoms with Gasteiger partial charge in [0.05, 0.1) is 15.7 Å². The minimum Gasteiger partial charge on any atom is -0.478 e. The number of carbonyl (C=O) groups is 2. The molecule has 0 aromatic heterocycles. The number of rotatable bonds is 7. The van der Waals surface area contributed by atoms with E-state index in [4.69, 9.17) is 5.11 Å². The summed E-state index contributed by atoms with van der Waals surface area (Å²) in [6, 6.07) is 12.4. The topological polar surface area (TPSA) is 101 Å². The Bertz CT molecular complexity index is 902. The Labute approximate surface area is 152 Å². The largest absolute Gasteiger partial charge is 0.478 e. The average Bonchev–Trinajstić information content (AvgIpc) is 2.61. The zero-order valence-electron chi connectivity index (χ0n) is 14.6. The summed E-state index contributed by atoms with van der Waals surface area (Å²) in [6.45, 7) is 3.55. The van der Waals surface area contributed by atoms with E-state index < -0.39 is 21.1 Å². The quantitative estimate of drug-likeness (QED) is 0.774. The van der Waals surface area contributed by atoms with Crippen LogP contribution in [0, 0.1) is 0 Å². The van der Waals surface area contributed by atoms with Gasteiger partial charge in [-0.1, -0.05) is 12.1 Å². The first kappa shape index (κ1) is 19.7. The Hall–Kier alpha value is -2.67. The molecule has 2 aromatic carbocycles. The number of nitrogens with one attached hydrogen (secondary N) is 1. The van der Waals surface area contributed by atoms with Crippen molar-refractivity contribution in [1.82, 2.24) is 5.32 Å². The second-order valence-corrected chi connectivity index (χ2v) is 8.63. The summed E-state index contributed by atoms with van der Waals surface area (Å²) in [5, 5.41) is 11.2. The Morgan fingerprint density at radius 1 is 1.04 bits per heavy atom. The van der Waals surface area contributed by atoms with E-state index in [9.17, 15) is 18.0 Å². The number of carboxylic acids is 1. The van der Waals surface area contributed by atoms with E-state index >= 15 is 0 Å². The molecule has 6 nitrogen and oxygen atoms in total. The molecule has 0 radical (unpaired) electrons. The number of carbonyl (C=O) groups excluding carboxylic acids is 1. The first-order valence-corrected chi connectivity index (χ1v) is 9.71. The molecule has 0 spiro atoms. The van der Waals surface area contributed by atoms with Gasteiger partial charge in [0.15, 0.2) is 9.84 Å². The molecule has 7 heteroatoms. The molecule has 2 rings (SSSR count). The Balaban J connectivity index is 1.96. The van der Waals surface area contributed by atoms with E-state index in [-0.39, 0.29) is 16.4 Å². The van der Waals surface area contributed by atoms with Crippen molar-refractivity contribution in [2.75, 3.05) is 6.54 Å². The van der Waals surface area contributed by atoms with Crippen molar-refractivity contribution in [2.45, 2.75) is 30.4 Å². The fourth-order valence-corrected chi connectivity index (χ4v) is 3.41.